The Labute approximate surface area is 124 Å². The molecule has 0 amide bonds. The lowest BCUT2D eigenvalue weighted by molar-refractivity contribution is 0.410. The van der Waals surface area contributed by atoms with Crippen LogP contribution in [0, 0.1) is 6.92 Å². The third-order valence-electron chi connectivity index (χ3n) is 3.31. The molecule has 1 aromatic heterocycles. The van der Waals surface area contributed by atoms with Crippen molar-refractivity contribution in [2.24, 2.45) is 0 Å². The zero-order valence-corrected chi connectivity index (χ0v) is 13.0. The molecule has 2 rings (SSSR count). The van der Waals surface area contributed by atoms with Gasteiger partial charge in [0.15, 0.2) is 0 Å². The van der Waals surface area contributed by atoms with Crippen molar-refractivity contribution in [2.75, 3.05) is 27.8 Å². The van der Waals surface area contributed by atoms with Crippen LogP contribution in [0.1, 0.15) is 11.3 Å². The minimum absolute atomic E-state index is 0.529. The van der Waals surface area contributed by atoms with Gasteiger partial charge in [-0.05, 0) is 25.6 Å². The Bertz CT molecular complexity index is 629. The first-order chi connectivity index (χ1) is 9.62. The van der Waals surface area contributed by atoms with Crippen LogP contribution in [0.25, 0.3) is 10.9 Å². The van der Waals surface area contributed by atoms with E-state index in [4.69, 9.17) is 26.1 Å². The normalized spacial score (nSPS) is 10.8. The highest BCUT2D eigenvalue weighted by Crippen LogP contribution is 2.39. The monoisotopic (exact) mass is 294 g/mol. The van der Waals surface area contributed by atoms with E-state index in [9.17, 15) is 0 Å². The molecule has 0 spiro atoms. The molecular formula is C15H19ClN2O2. The molecule has 0 aliphatic rings. The summed E-state index contributed by atoms with van der Waals surface area (Å²) in [5, 5.41) is 4.54. The number of aryl methyl sites for hydroxylation is 1. The van der Waals surface area contributed by atoms with E-state index in [1.165, 1.54) is 0 Å². The number of methoxy groups -OCH3 is 2. The molecule has 0 atom stereocenters. The number of rotatable bonds is 5. The van der Waals surface area contributed by atoms with Crippen LogP contribution in [0.2, 0.25) is 5.02 Å². The number of halogens is 1. The molecule has 2 aromatic rings. The first kappa shape index (κ1) is 14.9. The van der Waals surface area contributed by atoms with Crippen molar-refractivity contribution < 1.29 is 9.47 Å². The van der Waals surface area contributed by atoms with Gasteiger partial charge < -0.3 is 14.8 Å². The lowest BCUT2D eigenvalue weighted by Crippen LogP contribution is -2.12. The van der Waals surface area contributed by atoms with E-state index in [0.29, 0.717) is 16.5 Å². The summed E-state index contributed by atoms with van der Waals surface area (Å²) in [7, 11) is 5.16. The molecule has 0 fully saturated rings. The molecule has 0 bridgehead atoms. The molecule has 4 nitrogen and oxygen atoms in total. The highest BCUT2D eigenvalue weighted by Gasteiger charge is 2.15. The van der Waals surface area contributed by atoms with Crippen molar-refractivity contribution in [1.82, 2.24) is 10.3 Å². The molecule has 0 saturated carbocycles. The molecular weight excluding hydrogens is 276 g/mol. The van der Waals surface area contributed by atoms with Gasteiger partial charge in [0.05, 0.1) is 19.2 Å². The Morgan fingerprint density at radius 3 is 2.60 bits per heavy atom. The Morgan fingerprint density at radius 2 is 2.00 bits per heavy atom. The highest BCUT2D eigenvalue weighted by atomic mass is 35.5. The quantitative estimate of drug-likeness (QED) is 0.921. The Hall–Kier alpha value is -1.52. The summed E-state index contributed by atoms with van der Waals surface area (Å²) in [6, 6.07) is 3.80. The number of fused-ring (bicyclic) bond motifs is 1. The van der Waals surface area contributed by atoms with Crippen molar-refractivity contribution in [3.8, 4) is 11.5 Å². The zero-order chi connectivity index (χ0) is 14.7. The average molecular weight is 295 g/mol. The molecule has 1 N–H and O–H groups in total. The summed E-state index contributed by atoms with van der Waals surface area (Å²) in [5.41, 5.74) is 2.95. The third kappa shape index (κ3) is 2.67. The molecule has 0 radical (unpaired) electrons. The van der Waals surface area contributed by atoms with Crippen LogP contribution >= 0.6 is 11.6 Å². The molecule has 20 heavy (non-hydrogen) atoms. The van der Waals surface area contributed by atoms with Gasteiger partial charge in [-0.3, -0.25) is 0 Å². The summed E-state index contributed by atoms with van der Waals surface area (Å²) in [4.78, 5) is 4.73. The van der Waals surface area contributed by atoms with Gasteiger partial charge in [-0.25, -0.2) is 4.98 Å². The third-order valence-corrected chi connectivity index (χ3v) is 3.59. The number of ether oxygens (including phenoxy) is 2. The Kier molecular flexibility index (Phi) is 4.68. The van der Waals surface area contributed by atoms with Crippen molar-refractivity contribution in [2.45, 2.75) is 13.3 Å². The fourth-order valence-corrected chi connectivity index (χ4v) is 2.53. The van der Waals surface area contributed by atoms with Crippen LogP contribution in [0.15, 0.2) is 12.1 Å². The molecule has 0 aliphatic heterocycles. The summed E-state index contributed by atoms with van der Waals surface area (Å²) in [5.74, 6) is 1.30. The molecule has 0 aliphatic carbocycles. The van der Waals surface area contributed by atoms with Crippen LogP contribution in [0.5, 0.6) is 11.5 Å². The van der Waals surface area contributed by atoms with Gasteiger partial charge in [-0.1, -0.05) is 11.6 Å². The van der Waals surface area contributed by atoms with Crippen LogP contribution in [0.3, 0.4) is 0 Å². The summed E-state index contributed by atoms with van der Waals surface area (Å²) in [6.45, 7) is 2.93. The van der Waals surface area contributed by atoms with E-state index in [2.05, 4.69) is 11.4 Å². The number of benzene rings is 1. The minimum atomic E-state index is 0.529. The van der Waals surface area contributed by atoms with Gasteiger partial charge in [-0.2, -0.15) is 0 Å². The van der Waals surface area contributed by atoms with E-state index >= 15 is 0 Å². The zero-order valence-electron chi connectivity index (χ0n) is 12.2. The Morgan fingerprint density at radius 1 is 1.25 bits per heavy atom. The smallest absolute Gasteiger partial charge is 0.147 e. The van der Waals surface area contributed by atoms with E-state index < -0.39 is 0 Å². The van der Waals surface area contributed by atoms with Gasteiger partial charge in [0, 0.05) is 30.1 Å². The average Bonchev–Trinajstić information content (AvgIpc) is 2.44. The van der Waals surface area contributed by atoms with E-state index in [0.717, 1.165) is 35.1 Å². The fraction of sp³-hybridized carbons (Fsp3) is 0.400. The SMILES string of the molecule is CNCCc1nc2c(OC)cc(Cl)c(OC)c2cc1C. The number of aromatic nitrogens is 1. The van der Waals surface area contributed by atoms with Crippen molar-refractivity contribution in [3.63, 3.8) is 0 Å². The molecule has 0 unspecified atom stereocenters. The van der Waals surface area contributed by atoms with Gasteiger partial charge in [0.25, 0.3) is 0 Å². The Balaban J connectivity index is 2.69. The maximum atomic E-state index is 6.22. The van der Waals surface area contributed by atoms with E-state index in [-0.39, 0.29) is 0 Å². The van der Waals surface area contributed by atoms with Crippen LogP contribution < -0.4 is 14.8 Å². The standard InChI is InChI=1S/C15H19ClN2O2/c1-9-7-10-14(18-12(9)5-6-17-2)13(19-3)8-11(16)15(10)20-4/h7-8,17H,5-6H2,1-4H3. The lowest BCUT2D eigenvalue weighted by atomic mass is 10.1. The molecule has 1 aromatic carbocycles. The topological polar surface area (TPSA) is 43.4 Å². The van der Waals surface area contributed by atoms with E-state index in [1.807, 2.05) is 14.0 Å². The first-order valence-electron chi connectivity index (χ1n) is 6.47. The van der Waals surface area contributed by atoms with Crippen molar-refractivity contribution >= 4 is 22.5 Å². The van der Waals surface area contributed by atoms with Crippen LogP contribution in [0.4, 0.5) is 0 Å². The fourth-order valence-electron chi connectivity index (χ4n) is 2.25. The molecule has 1 heterocycles. The van der Waals surface area contributed by atoms with Gasteiger partial charge in [0.1, 0.15) is 17.0 Å². The predicted octanol–water partition coefficient (Wildman–Crippen LogP) is 2.98. The van der Waals surface area contributed by atoms with E-state index in [1.54, 1.807) is 20.3 Å². The predicted molar refractivity (Wildman–Crippen MR) is 82.2 cm³/mol. The number of likely N-dealkylation sites (N-methyl/N-ethyl adjacent to an activating group) is 1. The van der Waals surface area contributed by atoms with Crippen molar-refractivity contribution in [3.05, 3.63) is 28.4 Å². The van der Waals surface area contributed by atoms with Gasteiger partial charge >= 0.3 is 0 Å². The largest absolute Gasteiger partial charge is 0.494 e. The van der Waals surface area contributed by atoms with Crippen LogP contribution in [-0.4, -0.2) is 32.8 Å². The first-order valence-corrected chi connectivity index (χ1v) is 6.85. The van der Waals surface area contributed by atoms with Crippen LogP contribution in [-0.2, 0) is 6.42 Å². The molecule has 5 heteroatoms. The summed E-state index contributed by atoms with van der Waals surface area (Å²) in [6.07, 6.45) is 0.867. The number of hydrogen-bond acceptors (Lipinski definition) is 4. The summed E-state index contributed by atoms with van der Waals surface area (Å²) < 4.78 is 10.8. The van der Waals surface area contributed by atoms with Gasteiger partial charge in [-0.15, -0.1) is 0 Å². The van der Waals surface area contributed by atoms with Gasteiger partial charge in [0.2, 0.25) is 0 Å². The second-order valence-electron chi connectivity index (χ2n) is 4.60. The second-order valence-corrected chi connectivity index (χ2v) is 5.00. The number of nitrogens with zero attached hydrogens (tertiary/aromatic N) is 1. The molecule has 0 saturated heterocycles. The number of pyridine rings is 1. The van der Waals surface area contributed by atoms with Crippen molar-refractivity contribution in [1.29, 1.82) is 0 Å². The second kappa shape index (κ2) is 6.29. The molecule has 108 valence electrons. The number of hydrogen-bond donors (Lipinski definition) is 1. The minimum Gasteiger partial charge on any atom is -0.494 e. The maximum absolute atomic E-state index is 6.22. The highest BCUT2D eigenvalue weighted by molar-refractivity contribution is 6.33. The number of nitrogens with one attached hydrogen (secondary N) is 1. The maximum Gasteiger partial charge on any atom is 0.147 e. The summed E-state index contributed by atoms with van der Waals surface area (Å²) >= 11 is 6.22. The lowest BCUT2D eigenvalue weighted by Gasteiger charge is -2.14.